The largest absolute Gasteiger partial charge is 0.484 e. The van der Waals surface area contributed by atoms with E-state index in [2.05, 4.69) is 5.32 Å². The summed E-state index contributed by atoms with van der Waals surface area (Å²) in [5.41, 5.74) is 1.91. The number of hydrogen-bond donors (Lipinski definition) is 1. The van der Waals surface area contributed by atoms with Crippen LogP contribution in [0.3, 0.4) is 0 Å². The van der Waals surface area contributed by atoms with Gasteiger partial charge in [0.05, 0.1) is 10.7 Å². The van der Waals surface area contributed by atoms with Gasteiger partial charge >= 0.3 is 0 Å². The molecule has 1 N–H and O–H groups in total. The van der Waals surface area contributed by atoms with Crippen molar-refractivity contribution in [3.05, 3.63) is 52.5 Å². The number of aryl methyl sites for hydroxylation is 1. The molecule has 0 bridgehead atoms. The van der Waals surface area contributed by atoms with Crippen LogP contribution in [0.1, 0.15) is 15.9 Å². The minimum atomic E-state index is -0.245. The number of ether oxygens (including phenoxy) is 2. The molecule has 0 fully saturated rings. The number of anilines is 1. The summed E-state index contributed by atoms with van der Waals surface area (Å²) in [5, 5.41) is 3.12. The lowest BCUT2D eigenvalue weighted by molar-refractivity contribution is -0.118. The maximum Gasteiger partial charge on any atom is 0.262 e. The van der Waals surface area contributed by atoms with Gasteiger partial charge in [0.1, 0.15) is 11.5 Å². The van der Waals surface area contributed by atoms with Crippen LogP contribution in [0.4, 0.5) is 5.69 Å². The maximum atomic E-state index is 12.3. The van der Waals surface area contributed by atoms with E-state index in [-0.39, 0.29) is 24.9 Å². The number of amides is 1. The van der Waals surface area contributed by atoms with Crippen molar-refractivity contribution in [3.63, 3.8) is 0 Å². The zero-order chi connectivity index (χ0) is 16.4. The van der Waals surface area contributed by atoms with Crippen molar-refractivity contribution in [1.29, 1.82) is 0 Å². The molecule has 1 aliphatic rings. The van der Waals surface area contributed by atoms with Crippen molar-refractivity contribution in [3.8, 4) is 11.5 Å². The van der Waals surface area contributed by atoms with E-state index in [9.17, 15) is 9.59 Å². The predicted octanol–water partition coefficient (Wildman–Crippen LogP) is 3.24. The molecule has 6 heteroatoms. The average molecular weight is 332 g/mol. The van der Waals surface area contributed by atoms with Crippen LogP contribution in [-0.4, -0.2) is 24.9 Å². The molecule has 1 amide bonds. The average Bonchev–Trinajstić information content (AvgIpc) is 2.54. The maximum absolute atomic E-state index is 12.3. The minimum Gasteiger partial charge on any atom is -0.484 e. The van der Waals surface area contributed by atoms with Gasteiger partial charge < -0.3 is 14.8 Å². The molecule has 1 aliphatic heterocycles. The monoisotopic (exact) mass is 331 g/mol. The van der Waals surface area contributed by atoms with E-state index in [0.29, 0.717) is 27.8 Å². The summed E-state index contributed by atoms with van der Waals surface area (Å²) in [6, 6.07) is 10.2. The number of halogens is 1. The van der Waals surface area contributed by atoms with E-state index < -0.39 is 0 Å². The molecule has 2 aromatic rings. The van der Waals surface area contributed by atoms with Gasteiger partial charge in [0, 0.05) is 5.56 Å². The molecule has 0 atom stereocenters. The Morgan fingerprint density at radius 2 is 2.13 bits per heavy atom. The van der Waals surface area contributed by atoms with E-state index in [4.69, 9.17) is 21.1 Å². The second-order valence-corrected chi connectivity index (χ2v) is 5.60. The molecule has 0 unspecified atom stereocenters. The van der Waals surface area contributed by atoms with Gasteiger partial charge in [-0.05, 0) is 42.8 Å². The Hall–Kier alpha value is -2.53. The van der Waals surface area contributed by atoms with Crippen LogP contribution in [0, 0.1) is 6.92 Å². The fraction of sp³-hybridized carbons (Fsp3) is 0.176. The summed E-state index contributed by atoms with van der Waals surface area (Å²) < 4.78 is 10.8. The third kappa shape index (κ3) is 3.46. The summed E-state index contributed by atoms with van der Waals surface area (Å²) in [6.07, 6.45) is 0. The molecule has 0 aliphatic carbocycles. The quantitative estimate of drug-likeness (QED) is 0.873. The van der Waals surface area contributed by atoms with E-state index in [0.717, 1.165) is 5.56 Å². The third-order valence-electron chi connectivity index (χ3n) is 3.38. The highest BCUT2D eigenvalue weighted by atomic mass is 35.5. The van der Waals surface area contributed by atoms with Crippen molar-refractivity contribution in [2.45, 2.75) is 6.92 Å². The fourth-order valence-electron chi connectivity index (χ4n) is 2.20. The number of rotatable bonds is 4. The SMILES string of the molecule is Cc1ccc(Cl)c(OCC(=O)c2ccc3c(c2)NC(=O)CO3)c1. The molecule has 2 aromatic carbocycles. The van der Waals surface area contributed by atoms with Gasteiger partial charge in [-0.15, -0.1) is 0 Å². The Morgan fingerprint density at radius 1 is 1.30 bits per heavy atom. The highest BCUT2D eigenvalue weighted by Crippen LogP contribution is 2.29. The Kier molecular flexibility index (Phi) is 4.21. The summed E-state index contributed by atoms with van der Waals surface area (Å²) in [6.45, 7) is 1.75. The summed E-state index contributed by atoms with van der Waals surface area (Å²) >= 11 is 6.04. The first-order valence-corrected chi connectivity index (χ1v) is 7.39. The molecular weight excluding hydrogens is 318 g/mol. The third-order valence-corrected chi connectivity index (χ3v) is 3.69. The van der Waals surface area contributed by atoms with Crippen LogP contribution >= 0.6 is 11.6 Å². The number of carbonyl (C=O) groups excluding carboxylic acids is 2. The number of carbonyl (C=O) groups is 2. The van der Waals surface area contributed by atoms with Gasteiger partial charge in [0.15, 0.2) is 19.0 Å². The molecule has 1 heterocycles. The Morgan fingerprint density at radius 3 is 2.96 bits per heavy atom. The molecule has 3 rings (SSSR count). The Balaban J connectivity index is 1.72. The van der Waals surface area contributed by atoms with Crippen molar-refractivity contribution in [1.82, 2.24) is 0 Å². The predicted molar refractivity (Wildman–Crippen MR) is 86.6 cm³/mol. The van der Waals surface area contributed by atoms with Crippen LogP contribution in [0.2, 0.25) is 5.02 Å². The fourth-order valence-corrected chi connectivity index (χ4v) is 2.38. The van der Waals surface area contributed by atoms with Gasteiger partial charge in [-0.3, -0.25) is 9.59 Å². The first-order valence-electron chi connectivity index (χ1n) is 7.02. The number of nitrogens with one attached hydrogen (secondary N) is 1. The lowest BCUT2D eigenvalue weighted by atomic mass is 10.1. The van der Waals surface area contributed by atoms with Gasteiger partial charge in [-0.25, -0.2) is 0 Å². The number of ketones is 1. The number of benzene rings is 2. The lowest BCUT2D eigenvalue weighted by Crippen LogP contribution is -2.25. The molecule has 0 saturated heterocycles. The molecular formula is C17H14ClNO4. The zero-order valence-electron chi connectivity index (χ0n) is 12.4. The van der Waals surface area contributed by atoms with Crippen LogP contribution in [0.5, 0.6) is 11.5 Å². The summed E-state index contributed by atoms with van der Waals surface area (Å²) in [4.78, 5) is 23.6. The topological polar surface area (TPSA) is 64.6 Å². The Labute approximate surface area is 138 Å². The zero-order valence-corrected chi connectivity index (χ0v) is 13.1. The molecule has 0 radical (unpaired) electrons. The standard InChI is InChI=1S/C17H14ClNO4/c1-10-2-4-12(18)16(6-10)22-8-14(20)11-3-5-15-13(7-11)19-17(21)9-23-15/h2-7H,8-9H2,1H3,(H,19,21). The van der Waals surface area contributed by atoms with E-state index in [1.165, 1.54) is 0 Å². The van der Waals surface area contributed by atoms with E-state index in [1.54, 1.807) is 30.3 Å². The molecule has 23 heavy (non-hydrogen) atoms. The molecule has 118 valence electrons. The second-order valence-electron chi connectivity index (χ2n) is 5.19. The smallest absolute Gasteiger partial charge is 0.262 e. The van der Waals surface area contributed by atoms with Crippen molar-refractivity contribution in [2.24, 2.45) is 0 Å². The molecule has 0 spiro atoms. The van der Waals surface area contributed by atoms with Crippen LogP contribution in [-0.2, 0) is 4.79 Å². The van der Waals surface area contributed by atoms with Gasteiger partial charge in [-0.1, -0.05) is 17.7 Å². The van der Waals surface area contributed by atoms with Crippen LogP contribution < -0.4 is 14.8 Å². The summed E-state index contributed by atoms with van der Waals surface area (Å²) in [7, 11) is 0. The van der Waals surface area contributed by atoms with Crippen molar-refractivity contribution < 1.29 is 19.1 Å². The van der Waals surface area contributed by atoms with Crippen molar-refractivity contribution in [2.75, 3.05) is 18.5 Å². The van der Waals surface area contributed by atoms with Gasteiger partial charge in [0.2, 0.25) is 0 Å². The number of hydrogen-bond acceptors (Lipinski definition) is 4. The first-order chi connectivity index (χ1) is 11.0. The van der Waals surface area contributed by atoms with Crippen LogP contribution in [0.25, 0.3) is 0 Å². The van der Waals surface area contributed by atoms with E-state index in [1.807, 2.05) is 13.0 Å². The van der Waals surface area contributed by atoms with Crippen molar-refractivity contribution >= 4 is 29.0 Å². The molecule has 0 aromatic heterocycles. The molecule has 5 nitrogen and oxygen atoms in total. The lowest BCUT2D eigenvalue weighted by Gasteiger charge is -2.18. The highest BCUT2D eigenvalue weighted by molar-refractivity contribution is 6.32. The number of Topliss-reactive ketones (excluding diaryl/α,β-unsaturated/α-hetero) is 1. The highest BCUT2D eigenvalue weighted by Gasteiger charge is 2.18. The molecule has 0 saturated carbocycles. The second kappa shape index (κ2) is 6.30. The Bertz CT molecular complexity index is 788. The first kappa shape index (κ1) is 15.4. The normalized spacial score (nSPS) is 12.9. The minimum absolute atomic E-state index is 0.0186. The van der Waals surface area contributed by atoms with E-state index >= 15 is 0 Å². The number of fused-ring (bicyclic) bond motifs is 1. The van der Waals surface area contributed by atoms with Crippen LogP contribution in [0.15, 0.2) is 36.4 Å². The van der Waals surface area contributed by atoms with Gasteiger partial charge in [0.25, 0.3) is 5.91 Å². The van der Waals surface area contributed by atoms with Gasteiger partial charge in [-0.2, -0.15) is 0 Å². The summed E-state index contributed by atoms with van der Waals surface area (Å²) in [5.74, 6) is 0.550.